The first-order valence-corrected chi connectivity index (χ1v) is 7.54. The van der Waals surface area contributed by atoms with Gasteiger partial charge in [-0.15, -0.1) is 11.3 Å². The maximum atomic E-state index is 12.7. The van der Waals surface area contributed by atoms with Crippen LogP contribution in [0, 0.1) is 6.92 Å². The molecule has 0 bridgehead atoms. The van der Waals surface area contributed by atoms with Gasteiger partial charge in [-0.3, -0.25) is 0 Å². The molecule has 0 amide bonds. The first-order valence-electron chi connectivity index (χ1n) is 6.35. The summed E-state index contributed by atoms with van der Waals surface area (Å²) in [5, 5.41) is 2.91. The van der Waals surface area contributed by atoms with Gasteiger partial charge in [0.05, 0.1) is 6.04 Å². The summed E-state index contributed by atoms with van der Waals surface area (Å²) in [6, 6.07) is 5.05. The van der Waals surface area contributed by atoms with Gasteiger partial charge in [-0.2, -0.15) is 13.2 Å². The molecule has 0 saturated carbocycles. The Kier molecular flexibility index (Phi) is 4.91. The Balaban J connectivity index is 2.44. The molecule has 0 aliphatic carbocycles. The van der Waals surface area contributed by atoms with Crippen molar-refractivity contribution in [2.75, 3.05) is 6.54 Å². The highest BCUT2D eigenvalue weighted by atomic mass is 35.5. The average molecular weight is 335 g/mol. The van der Waals surface area contributed by atoms with Crippen LogP contribution in [0.15, 0.2) is 24.4 Å². The molecule has 2 nitrogen and oxygen atoms in total. The highest BCUT2D eigenvalue weighted by molar-refractivity contribution is 7.11. The van der Waals surface area contributed by atoms with E-state index in [2.05, 4.69) is 10.3 Å². The van der Waals surface area contributed by atoms with Gasteiger partial charge in [-0.05, 0) is 36.7 Å². The van der Waals surface area contributed by atoms with E-state index >= 15 is 0 Å². The molecule has 1 heterocycles. The molecule has 1 unspecified atom stereocenters. The topological polar surface area (TPSA) is 24.9 Å². The smallest absolute Gasteiger partial charge is 0.306 e. The van der Waals surface area contributed by atoms with Crippen LogP contribution in [0.5, 0.6) is 0 Å². The summed E-state index contributed by atoms with van der Waals surface area (Å²) < 4.78 is 38.1. The molecule has 0 spiro atoms. The lowest BCUT2D eigenvalue weighted by molar-refractivity contribution is -0.137. The Hall–Kier alpha value is -1.11. The molecule has 7 heteroatoms. The van der Waals surface area contributed by atoms with Gasteiger partial charge in [0.2, 0.25) is 0 Å². The summed E-state index contributed by atoms with van der Waals surface area (Å²) in [5.41, 5.74) is 1.83. The molecular weight excluding hydrogens is 321 g/mol. The standard InChI is InChI=1S/C14H14ClF3N2S/c1-3-19-12(10-6-9(15)5-4-8(10)2)11-7-20-13(21-11)14(16,17)18/h4-7,12,19H,3H2,1-2H3. The number of alkyl halides is 3. The number of rotatable bonds is 4. The minimum Gasteiger partial charge on any atom is -0.306 e. The van der Waals surface area contributed by atoms with Crippen molar-refractivity contribution in [1.82, 2.24) is 10.3 Å². The van der Waals surface area contributed by atoms with Crippen LogP contribution >= 0.6 is 22.9 Å². The van der Waals surface area contributed by atoms with Gasteiger partial charge in [0.15, 0.2) is 5.01 Å². The van der Waals surface area contributed by atoms with Crippen LogP contribution in [0.4, 0.5) is 13.2 Å². The summed E-state index contributed by atoms with van der Waals surface area (Å²) >= 11 is 6.66. The molecule has 0 saturated heterocycles. The van der Waals surface area contributed by atoms with Gasteiger partial charge in [0, 0.05) is 16.1 Å². The fourth-order valence-corrected chi connectivity index (χ4v) is 3.10. The van der Waals surface area contributed by atoms with Gasteiger partial charge < -0.3 is 5.32 Å². The number of benzene rings is 1. The zero-order valence-corrected chi connectivity index (χ0v) is 13.0. The fraction of sp³-hybridized carbons (Fsp3) is 0.357. The van der Waals surface area contributed by atoms with E-state index in [0.29, 0.717) is 27.8 Å². The highest BCUT2D eigenvalue weighted by Gasteiger charge is 2.35. The quantitative estimate of drug-likeness (QED) is 0.866. The van der Waals surface area contributed by atoms with Crippen molar-refractivity contribution in [2.24, 2.45) is 0 Å². The van der Waals surface area contributed by atoms with E-state index in [4.69, 9.17) is 11.6 Å². The lowest BCUT2D eigenvalue weighted by atomic mass is 10.0. The second-order valence-corrected chi connectivity index (χ2v) is 6.06. The molecule has 0 radical (unpaired) electrons. The Morgan fingerprint density at radius 3 is 2.67 bits per heavy atom. The largest absolute Gasteiger partial charge is 0.443 e. The first kappa shape index (κ1) is 16.3. The predicted molar refractivity (Wildman–Crippen MR) is 78.8 cm³/mol. The Morgan fingerprint density at radius 1 is 1.38 bits per heavy atom. The fourth-order valence-electron chi connectivity index (χ4n) is 2.04. The van der Waals surface area contributed by atoms with Crippen molar-refractivity contribution in [3.8, 4) is 0 Å². The molecule has 1 N–H and O–H groups in total. The van der Waals surface area contributed by atoms with Crippen molar-refractivity contribution in [3.05, 3.63) is 50.4 Å². The summed E-state index contributed by atoms with van der Waals surface area (Å²) in [6.45, 7) is 4.43. The van der Waals surface area contributed by atoms with Crippen LogP contribution in [0.2, 0.25) is 5.02 Å². The van der Waals surface area contributed by atoms with Crippen LogP contribution in [0.1, 0.15) is 34.0 Å². The normalized spacial score (nSPS) is 13.4. The minimum atomic E-state index is -4.41. The molecular formula is C14H14ClF3N2S. The summed E-state index contributed by atoms with van der Waals surface area (Å²) in [6.07, 6.45) is -3.13. The molecule has 0 aliphatic rings. The number of aryl methyl sites for hydroxylation is 1. The SMILES string of the molecule is CCNC(c1cnc(C(F)(F)F)s1)c1cc(Cl)ccc1C. The number of aromatic nitrogens is 1. The Bertz CT molecular complexity index is 625. The van der Waals surface area contributed by atoms with Gasteiger partial charge in [0.1, 0.15) is 0 Å². The van der Waals surface area contributed by atoms with Crippen molar-refractivity contribution in [2.45, 2.75) is 26.1 Å². The lowest BCUT2D eigenvalue weighted by Crippen LogP contribution is -2.22. The van der Waals surface area contributed by atoms with E-state index in [9.17, 15) is 13.2 Å². The van der Waals surface area contributed by atoms with E-state index < -0.39 is 11.2 Å². The van der Waals surface area contributed by atoms with Crippen LogP contribution in [-0.2, 0) is 6.18 Å². The van der Waals surface area contributed by atoms with E-state index in [-0.39, 0.29) is 6.04 Å². The van der Waals surface area contributed by atoms with Crippen LogP contribution < -0.4 is 5.32 Å². The molecule has 1 aromatic heterocycles. The van der Waals surface area contributed by atoms with Crippen molar-refractivity contribution >= 4 is 22.9 Å². The van der Waals surface area contributed by atoms with E-state index in [0.717, 1.165) is 11.1 Å². The number of hydrogen-bond donors (Lipinski definition) is 1. The van der Waals surface area contributed by atoms with Crippen LogP contribution in [0.3, 0.4) is 0 Å². The molecule has 0 fully saturated rings. The third-order valence-electron chi connectivity index (χ3n) is 3.01. The zero-order valence-electron chi connectivity index (χ0n) is 11.5. The van der Waals surface area contributed by atoms with Crippen molar-refractivity contribution < 1.29 is 13.2 Å². The highest BCUT2D eigenvalue weighted by Crippen LogP contribution is 2.37. The first-order chi connectivity index (χ1) is 9.82. The average Bonchev–Trinajstić information content (AvgIpc) is 2.88. The summed E-state index contributed by atoms with van der Waals surface area (Å²) in [5.74, 6) is 0. The molecule has 1 aromatic carbocycles. The second-order valence-electron chi connectivity index (χ2n) is 4.56. The number of halogens is 4. The molecule has 0 aliphatic heterocycles. The lowest BCUT2D eigenvalue weighted by Gasteiger charge is -2.19. The monoisotopic (exact) mass is 334 g/mol. The predicted octanol–water partition coefficient (Wildman–Crippen LogP) is 4.82. The molecule has 2 rings (SSSR count). The number of hydrogen-bond acceptors (Lipinski definition) is 3. The summed E-state index contributed by atoms with van der Waals surface area (Å²) in [7, 11) is 0. The van der Waals surface area contributed by atoms with Crippen LogP contribution in [0.25, 0.3) is 0 Å². The van der Waals surface area contributed by atoms with E-state index in [1.807, 2.05) is 19.9 Å². The Labute approximate surface area is 130 Å². The third kappa shape index (κ3) is 3.75. The summed E-state index contributed by atoms with van der Waals surface area (Å²) in [4.78, 5) is 4.01. The molecule has 114 valence electrons. The molecule has 21 heavy (non-hydrogen) atoms. The number of thiazole rings is 1. The van der Waals surface area contributed by atoms with Crippen LogP contribution in [-0.4, -0.2) is 11.5 Å². The van der Waals surface area contributed by atoms with Crippen molar-refractivity contribution in [1.29, 1.82) is 0 Å². The number of nitrogens with one attached hydrogen (secondary N) is 1. The van der Waals surface area contributed by atoms with Gasteiger partial charge >= 0.3 is 6.18 Å². The molecule has 2 aromatic rings. The Morgan fingerprint density at radius 2 is 2.10 bits per heavy atom. The third-order valence-corrected chi connectivity index (χ3v) is 4.35. The number of nitrogens with zero attached hydrogens (tertiary/aromatic N) is 1. The second kappa shape index (κ2) is 6.34. The molecule has 1 atom stereocenters. The maximum Gasteiger partial charge on any atom is 0.443 e. The van der Waals surface area contributed by atoms with Gasteiger partial charge in [0.25, 0.3) is 0 Å². The van der Waals surface area contributed by atoms with Crippen molar-refractivity contribution in [3.63, 3.8) is 0 Å². The van der Waals surface area contributed by atoms with Gasteiger partial charge in [-0.25, -0.2) is 4.98 Å². The minimum absolute atomic E-state index is 0.345. The van der Waals surface area contributed by atoms with E-state index in [1.54, 1.807) is 12.1 Å². The maximum absolute atomic E-state index is 12.7. The van der Waals surface area contributed by atoms with E-state index in [1.165, 1.54) is 6.20 Å². The van der Waals surface area contributed by atoms with Gasteiger partial charge in [-0.1, -0.05) is 24.6 Å². The zero-order chi connectivity index (χ0) is 15.6.